The maximum absolute atomic E-state index is 12.7. The van der Waals surface area contributed by atoms with Crippen LogP contribution in [0.25, 0.3) is 0 Å². The Morgan fingerprint density at radius 2 is 2.08 bits per heavy atom. The second-order valence-corrected chi connectivity index (χ2v) is 8.41. The van der Waals surface area contributed by atoms with Gasteiger partial charge in [-0.05, 0) is 25.5 Å². The third-order valence-corrected chi connectivity index (χ3v) is 6.18. The lowest BCUT2D eigenvalue weighted by molar-refractivity contribution is 0.404. The topological polar surface area (TPSA) is 103 Å². The van der Waals surface area contributed by atoms with Crippen LogP contribution in [-0.2, 0) is 9.84 Å². The number of methoxy groups -OCH3 is 2. The van der Waals surface area contributed by atoms with Crippen molar-refractivity contribution in [1.29, 1.82) is 0 Å². The molecule has 1 aliphatic heterocycles. The Morgan fingerprint density at radius 1 is 1.31 bits per heavy atom. The van der Waals surface area contributed by atoms with E-state index in [9.17, 15) is 13.2 Å². The first-order valence-electron chi connectivity index (χ1n) is 8.12. The van der Waals surface area contributed by atoms with Gasteiger partial charge in [0.2, 0.25) is 0 Å². The SMILES string of the molecule is COc1ccc(OC)c(N=Cc2c(C)[nH]n([C@@H]3CCS(=O)(=O)C3)c2=O)c1. The van der Waals surface area contributed by atoms with Gasteiger partial charge in [0.05, 0.1) is 37.3 Å². The highest BCUT2D eigenvalue weighted by Gasteiger charge is 2.31. The number of aryl methyl sites for hydroxylation is 1. The molecule has 1 aromatic carbocycles. The van der Waals surface area contributed by atoms with E-state index < -0.39 is 9.84 Å². The number of benzene rings is 1. The average molecular weight is 379 g/mol. The number of ether oxygens (including phenoxy) is 2. The van der Waals surface area contributed by atoms with Crippen LogP contribution < -0.4 is 15.0 Å². The Bertz CT molecular complexity index is 1000. The van der Waals surface area contributed by atoms with Crippen molar-refractivity contribution in [1.82, 2.24) is 9.78 Å². The minimum absolute atomic E-state index is 0.0207. The van der Waals surface area contributed by atoms with Gasteiger partial charge in [-0.25, -0.2) is 13.1 Å². The van der Waals surface area contributed by atoms with E-state index in [4.69, 9.17) is 9.47 Å². The number of aromatic nitrogens is 2. The number of rotatable bonds is 5. The quantitative estimate of drug-likeness (QED) is 0.795. The van der Waals surface area contributed by atoms with Crippen LogP contribution in [0.4, 0.5) is 5.69 Å². The molecule has 9 heteroatoms. The average Bonchev–Trinajstić information content (AvgIpc) is 3.11. The van der Waals surface area contributed by atoms with E-state index in [0.29, 0.717) is 34.9 Å². The molecule has 1 aliphatic rings. The number of hydrogen-bond acceptors (Lipinski definition) is 6. The summed E-state index contributed by atoms with van der Waals surface area (Å²) in [4.78, 5) is 17.0. The van der Waals surface area contributed by atoms with Crippen LogP contribution in [-0.4, -0.2) is 50.1 Å². The van der Waals surface area contributed by atoms with Crippen LogP contribution in [0.15, 0.2) is 28.0 Å². The third-order valence-electron chi connectivity index (χ3n) is 4.43. The molecular formula is C17H21N3O5S. The predicted molar refractivity (Wildman–Crippen MR) is 98.9 cm³/mol. The van der Waals surface area contributed by atoms with Gasteiger partial charge >= 0.3 is 0 Å². The fraction of sp³-hybridized carbons (Fsp3) is 0.412. The van der Waals surface area contributed by atoms with Gasteiger partial charge in [0.15, 0.2) is 9.84 Å². The van der Waals surface area contributed by atoms with Crippen LogP contribution >= 0.6 is 0 Å². The van der Waals surface area contributed by atoms with Crippen LogP contribution in [0.1, 0.15) is 23.7 Å². The third kappa shape index (κ3) is 3.52. The lowest BCUT2D eigenvalue weighted by Gasteiger charge is -2.07. The molecule has 1 aromatic heterocycles. The molecule has 0 unspecified atom stereocenters. The van der Waals surface area contributed by atoms with E-state index in [1.807, 2.05) is 0 Å². The Morgan fingerprint density at radius 3 is 2.69 bits per heavy atom. The minimum Gasteiger partial charge on any atom is -0.497 e. The summed E-state index contributed by atoms with van der Waals surface area (Å²) >= 11 is 0. The molecule has 0 amide bonds. The van der Waals surface area contributed by atoms with Gasteiger partial charge in [0, 0.05) is 18.0 Å². The first-order chi connectivity index (χ1) is 12.3. The monoisotopic (exact) mass is 379 g/mol. The van der Waals surface area contributed by atoms with Gasteiger partial charge < -0.3 is 9.47 Å². The zero-order valence-corrected chi connectivity index (χ0v) is 15.7. The largest absolute Gasteiger partial charge is 0.497 e. The summed E-state index contributed by atoms with van der Waals surface area (Å²) in [6.07, 6.45) is 1.90. The number of sulfone groups is 1. The van der Waals surface area contributed by atoms with Crippen molar-refractivity contribution < 1.29 is 17.9 Å². The Labute approximate surface area is 151 Å². The molecule has 1 saturated heterocycles. The Balaban J connectivity index is 1.94. The number of aliphatic imine (C=N–C) groups is 1. The predicted octanol–water partition coefficient (Wildman–Crippen LogP) is 1.61. The van der Waals surface area contributed by atoms with Crippen molar-refractivity contribution in [3.8, 4) is 11.5 Å². The molecule has 26 heavy (non-hydrogen) atoms. The molecule has 0 bridgehead atoms. The highest BCUT2D eigenvalue weighted by atomic mass is 32.2. The Hall–Kier alpha value is -2.55. The van der Waals surface area contributed by atoms with E-state index in [0.717, 1.165) is 0 Å². The van der Waals surface area contributed by atoms with E-state index in [2.05, 4.69) is 10.1 Å². The summed E-state index contributed by atoms with van der Waals surface area (Å²) in [6.45, 7) is 1.76. The van der Waals surface area contributed by atoms with Crippen molar-refractivity contribution in [2.45, 2.75) is 19.4 Å². The van der Waals surface area contributed by atoms with E-state index >= 15 is 0 Å². The smallest absolute Gasteiger partial charge is 0.275 e. The van der Waals surface area contributed by atoms with Crippen LogP contribution in [0.2, 0.25) is 0 Å². The second kappa shape index (κ2) is 6.99. The van der Waals surface area contributed by atoms with Crippen LogP contribution in [0, 0.1) is 6.92 Å². The van der Waals surface area contributed by atoms with E-state index in [1.165, 1.54) is 18.0 Å². The Kier molecular flexibility index (Phi) is 4.90. The summed E-state index contributed by atoms with van der Waals surface area (Å²) in [5.41, 5.74) is 1.26. The molecule has 140 valence electrons. The number of hydrogen-bond donors (Lipinski definition) is 1. The second-order valence-electron chi connectivity index (χ2n) is 6.18. The van der Waals surface area contributed by atoms with Gasteiger partial charge in [0.25, 0.3) is 5.56 Å². The number of nitrogens with zero attached hydrogens (tertiary/aromatic N) is 2. The van der Waals surface area contributed by atoms with Gasteiger partial charge in [-0.3, -0.25) is 14.9 Å². The number of H-pyrrole nitrogens is 1. The standard InChI is InChI=1S/C17H21N3O5S/c1-11-14(9-18-15-8-13(24-2)4-5-16(15)25-3)17(21)20(19-11)12-6-7-26(22,23)10-12/h4-5,8-9,12,19H,6-7,10H2,1-3H3/t12-/m1/s1. The molecule has 8 nitrogen and oxygen atoms in total. The van der Waals surface area contributed by atoms with Crippen molar-refractivity contribution >= 4 is 21.7 Å². The first kappa shape index (κ1) is 18.2. The van der Waals surface area contributed by atoms with Crippen LogP contribution in [0.5, 0.6) is 11.5 Å². The molecule has 3 rings (SSSR count). The highest BCUT2D eigenvalue weighted by molar-refractivity contribution is 7.91. The lowest BCUT2D eigenvalue weighted by Crippen LogP contribution is -2.25. The van der Waals surface area contributed by atoms with Crippen molar-refractivity contribution in [3.05, 3.63) is 39.8 Å². The maximum atomic E-state index is 12.7. The molecular weight excluding hydrogens is 358 g/mol. The van der Waals surface area contributed by atoms with Crippen molar-refractivity contribution in [2.75, 3.05) is 25.7 Å². The summed E-state index contributed by atoms with van der Waals surface area (Å²) < 4.78 is 35.2. The van der Waals surface area contributed by atoms with Gasteiger partial charge in [0.1, 0.15) is 17.2 Å². The zero-order chi connectivity index (χ0) is 18.9. The molecule has 2 heterocycles. The van der Waals surface area contributed by atoms with Gasteiger partial charge in [-0.15, -0.1) is 0 Å². The summed E-state index contributed by atoms with van der Waals surface area (Å²) in [5.74, 6) is 1.26. The van der Waals surface area contributed by atoms with Crippen molar-refractivity contribution in [2.24, 2.45) is 4.99 Å². The molecule has 2 aromatic rings. The molecule has 1 N–H and O–H groups in total. The summed E-state index contributed by atoms with van der Waals surface area (Å²) in [6, 6.07) is 4.84. The van der Waals surface area contributed by atoms with Gasteiger partial charge in [-0.1, -0.05) is 0 Å². The highest BCUT2D eigenvalue weighted by Crippen LogP contribution is 2.31. The molecule has 0 radical (unpaired) electrons. The molecule has 0 aliphatic carbocycles. The lowest BCUT2D eigenvalue weighted by atomic mass is 10.2. The van der Waals surface area contributed by atoms with Gasteiger partial charge in [-0.2, -0.15) is 0 Å². The fourth-order valence-electron chi connectivity index (χ4n) is 3.00. The summed E-state index contributed by atoms with van der Waals surface area (Å²) in [5, 5.41) is 2.97. The molecule has 1 atom stereocenters. The number of aromatic amines is 1. The molecule has 1 fully saturated rings. The first-order valence-corrected chi connectivity index (χ1v) is 9.94. The van der Waals surface area contributed by atoms with Crippen LogP contribution in [0.3, 0.4) is 0 Å². The minimum atomic E-state index is -3.08. The summed E-state index contributed by atoms with van der Waals surface area (Å²) in [7, 11) is 0.0133. The fourth-order valence-corrected chi connectivity index (χ4v) is 4.70. The number of nitrogens with one attached hydrogen (secondary N) is 1. The van der Waals surface area contributed by atoms with E-state index in [1.54, 1.807) is 32.2 Å². The normalized spacial score (nSPS) is 19.1. The van der Waals surface area contributed by atoms with Crippen molar-refractivity contribution in [3.63, 3.8) is 0 Å². The molecule has 0 spiro atoms. The molecule has 0 saturated carbocycles. The zero-order valence-electron chi connectivity index (χ0n) is 14.9. The van der Waals surface area contributed by atoms with E-state index in [-0.39, 0.29) is 23.1 Å². The maximum Gasteiger partial charge on any atom is 0.275 e.